The maximum absolute atomic E-state index is 6.66. The van der Waals surface area contributed by atoms with Crippen molar-refractivity contribution < 1.29 is 4.42 Å². The standard InChI is InChI=1S/C46H29NOS/c1-2-12-30(13-3-1)34-15-6-8-19-39(34)47(40-20-11-21-41-45(40)38-29-26-31-14-4-5-16-36(31)46(38)48-41)33-27-24-32(25-28-33)35-18-10-23-43-44(35)37-17-7-9-22-42(37)49-43/h1-29H. The van der Waals surface area contributed by atoms with Crippen LogP contribution < -0.4 is 4.90 Å². The van der Waals surface area contributed by atoms with Gasteiger partial charge in [-0.3, -0.25) is 0 Å². The van der Waals surface area contributed by atoms with Gasteiger partial charge in [-0.05, 0) is 70.6 Å². The highest BCUT2D eigenvalue weighted by molar-refractivity contribution is 7.25. The third-order valence-electron chi connectivity index (χ3n) is 9.67. The predicted molar refractivity (Wildman–Crippen MR) is 210 cm³/mol. The maximum atomic E-state index is 6.66. The monoisotopic (exact) mass is 643 g/mol. The first-order chi connectivity index (χ1) is 24.3. The molecule has 2 nitrogen and oxygen atoms in total. The molecule has 0 aliphatic rings. The molecule has 0 N–H and O–H groups in total. The summed E-state index contributed by atoms with van der Waals surface area (Å²) in [4.78, 5) is 2.40. The molecule has 230 valence electrons. The number of rotatable bonds is 5. The van der Waals surface area contributed by atoms with Crippen molar-refractivity contribution in [1.82, 2.24) is 0 Å². The molecule has 0 amide bonds. The van der Waals surface area contributed by atoms with E-state index in [1.54, 1.807) is 0 Å². The zero-order valence-corrected chi connectivity index (χ0v) is 27.3. The van der Waals surface area contributed by atoms with Crippen molar-refractivity contribution in [3.8, 4) is 22.3 Å². The fourth-order valence-electron chi connectivity index (χ4n) is 7.47. The number of benzene rings is 8. The van der Waals surface area contributed by atoms with Crippen molar-refractivity contribution in [3.05, 3.63) is 176 Å². The lowest BCUT2D eigenvalue weighted by Gasteiger charge is -2.28. The van der Waals surface area contributed by atoms with Crippen LogP contribution in [0.3, 0.4) is 0 Å². The summed E-state index contributed by atoms with van der Waals surface area (Å²) in [6, 6.07) is 63.1. The molecule has 0 aliphatic heterocycles. The lowest BCUT2D eigenvalue weighted by molar-refractivity contribution is 0.672. The van der Waals surface area contributed by atoms with Crippen molar-refractivity contribution >= 4 is 81.3 Å². The second-order valence-electron chi connectivity index (χ2n) is 12.5. The van der Waals surface area contributed by atoms with E-state index in [9.17, 15) is 0 Å². The molecule has 0 unspecified atom stereocenters. The van der Waals surface area contributed by atoms with Crippen LogP contribution in [-0.4, -0.2) is 0 Å². The third kappa shape index (κ3) is 4.47. The smallest absolute Gasteiger partial charge is 0.143 e. The SMILES string of the molecule is c1ccc(-c2ccccc2N(c2ccc(-c3cccc4sc5ccccc5c34)cc2)c2cccc3oc4c5ccccc5ccc4c23)cc1. The van der Waals surface area contributed by atoms with Crippen LogP contribution in [0.4, 0.5) is 17.1 Å². The average molecular weight is 644 g/mol. The summed E-state index contributed by atoms with van der Waals surface area (Å²) in [5, 5.41) is 7.14. The Bertz CT molecular complexity index is 2830. The fraction of sp³-hybridized carbons (Fsp3) is 0. The van der Waals surface area contributed by atoms with Gasteiger partial charge in [0.2, 0.25) is 0 Å². The van der Waals surface area contributed by atoms with Crippen molar-refractivity contribution in [1.29, 1.82) is 0 Å². The van der Waals surface area contributed by atoms with Gasteiger partial charge < -0.3 is 9.32 Å². The first-order valence-corrected chi connectivity index (χ1v) is 17.4. The minimum atomic E-state index is 0.874. The van der Waals surface area contributed by atoms with E-state index in [0.717, 1.165) is 50.0 Å². The number of anilines is 3. The molecule has 0 radical (unpaired) electrons. The average Bonchev–Trinajstić information content (AvgIpc) is 3.75. The molecule has 49 heavy (non-hydrogen) atoms. The van der Waals surface area contributed by atoms with E-state index < -0.39 is 0 Å². The Labute approximate surface area is 287 Å². The maximum Gasteiger partial charge on any atom is 0.143 e. The van der Waals surface area contributed by atoms with E-state index in [-0.39, 0.29) is 0 Å². The summed E-state index contributed by atoms with van der Waals surface area (Å²) < 4.78 is 9.29. The van der Waals surface area contributed by atoms with Crippen molar-refractivity contribution in [2.45, 2.75) is 0 Å². The predicted octanol–water partition coefficient (Wildman–Crippen LogP) is 13.9. The van der Waals surface area contributed by atoms with E-state index in [0.29, 0.717) is 0 Å². The van der Waals surface area contributed by atoms with Gasteiger partial charge in [0.15, 0.2) is 0 Å². The van der Waals surface area contributed by atoms with E-state index in [2.05, 4.69) is 181 Å². The summed E-state index contributed by atoms with van der Waals surface area (Å²) >= 11 is 1.86. The zero-order chi connectivity index (χ0) is 32.3. The molecule has 0 spiro atoms. The minimum absolute atomic E-state index is 0.874. The Balaban J connectivity index is 1.21. The third-order valence-corrected chi connectivity index (χ3v) is 10.8. The first kappa shape index (κ1) is 27.9. The quantitative estimate of drug-likeness (QED) is 0.186. The molecule has 0 saturated heterocycles. The largest absolute Gasteiger partial charge is 0.455 e. The molecule has 2 aromatic heterocycles. The number of para-hydroxylation sites is 1. The van der Waals surface area contributed by atoms with Crippen LogP contribution in [-0.2, 0) is 0 Å². The number of furan rings is 1. The van der Waals surface area contributed by atoms with Gasteiger partial charge >= 0.3 is 0 Å². The highest BCUT2D eigenvalue weighted by atomic mass is 32.1. The number of thiophene rings is 1. The van der Waals surface area contributed by atoms with E-state index >= 15 is 0 Å². The number of hydrogen-bond acceptors (Lipinski definition) is 3. The molecule has 0 fully saturated rings. The van der Waals surface area contributed by atoms with Crippen molar-refractivity contribution in [2.24, 2.45) is 0 Å². The van der Waals surface area contributed by atoms with Crippen LogP contribution in [0.15, 0.2) is 180 Å². The molecule has 0 aliphatic carbocycles. The second-order valence-corrected chi connectivity index (χ2v) is 13.5. The van der Waals surface area contributed by atoms with Gasteiger partial charge in [0, 0.05) is 42.2 Å². The molecule has 0 saturated carbocycles. The minimum Gasteiger partial charge on any atom is -0.455 e. The van der Waals surface area contributed by atoms with Crippen LogP contribution in [0.1, 0.15) is 0 Å². The van der Waals surface area contributed by atoms with Gasteiger partial charge in [-0.2, -0.15) is 0 Å². The summed E-state index contributed by atoms with van der Waals surface area (Å²) in [5.41, 5.74) is 9.85. The summed E-state index contributed by atoms with van der Waals surface area (Å²) in [6.45, 7) is 0. The highest BCUT2D eigenvalue weighted by Gasteiger charge is 2.22. The fourth-order valence-corrected chi connectivity index (χ4v) is 8.60. The summed E-state index contributed by atoms with van der Waals surface area (Å²) in [6.07, 6.45) is 0. The summed E-state index contributed by atoms with van der Waals surface area (Å²) in [5.74, 6) is 0. The molecule has 8 aromatic carbocycles. The molecule has 2 heterocycles. The molecule has 0 bridgehead atoms. The lowest BCUT2D eigenvalue weighted by Crippen LogP contribution is -2.11. The Hall–Kier alpha value is -6.16. The van der Waals surface area contributed by atoms with Gasteiger partial charge in [0.25, 0.3) is 0 Å². The number of nitrogens with zero attached hydrogens (tertiary/aromatic N) is 1. The molecular formula is C46H29NOS. The van der Waals surface area contributed by atoms with Crippen LogP contribution in [0.25, 0.3) is 75.1 Å². The van der Waals surface area contributed by atoms with Crippen LogP contribution in [0, 0.1) is 0 Å². The highest BCUT2D eigenvalue weighted by Crippen LogP contribution is 2.47. The molecule has 10 rings (SSSR count). The zero-order valence-electron chi connectivity index (χ0n) is 26.5. The molecular weight excluding hydrogens is 615 g/mol. The van der Waals surface area contributed by atoms with E-state index in [1.807, 2.05) is 11.3 Å². The van der Waals surface area contributed by atoms with Crippen LogP contribution in [0.2, 0.25) is 0 Å². The van der Waals surface area contributed by atoms with Gasteiger partial charge in [-0.25, -0.2) is 0 Å². The Morgan fingerprint density at radius 1 is 0.408 bits per heavy atom. The lowest BCUT2D eigenvalue weighted by atomic mass is 9.98. The van der Waals surface area contributed by atoms with E-state index in [4.69, 9.17) is 4.42 Å². The molecule has 3 heteroatoms. The first-order valence-electron chi connectivity index (χ1n) is 16.6. The molecule has 10 aromatic rings. The number of fused-ring (bicyclic) bond motifs is 8. The van der Waals surface area contributed by atoms with Gasteiger partial charge in [-0.1, -0.05) is 127 Å². The molecule has 0 atom stereocenters. The van der Waals surface area contributed by atoms with Crippen LogP contribution >= 0.6 is 11.3 Å². The van der Waals surface area contributed by atoms with Crippen molar-refractivity contribution in [3.63, 3.8) is 0 Å². The van der Waals surface area contributed by atoms with Gasteiger partial charge in [-0.15, -0.1) is 11.3 Å². The van der Waals surface area contributed by atoms with Crippen LogP contribution in [0.5, 0.6) is 0 Å². The van der Waals surface area contributed by atoms with Gasteiger partial charge in [0.05, 0.1) is 16.8 Å². The summed E-state index contributed by atoms with van der Waals surface area (Å²) in [7, 11) is 0. The van der Waals surface area contributed by atoms with E-state index in [1.165, 1.54) is 42.2 Å². The van der Waals surface area contributed by atoms with Crippen molar-refractivity contribution in [2.75, 3.05) is 4.90 Å². The Morgan fingerprint density at radius 3 is 1.98 bits per heavy atom. The normalized spacial score (nSPS) is 11.7. The second kappa shape index (κ2) is 11.2. The Morgan fingerprint density at radius 2 is 1.08 bits per heavy atom. The number of hydrogen-bond donors (Lipinski definition) is 0. The Kier molecular flexibility index (Phi) is 6.39. The van der Waals surface area contributed by atoms with Gasteiger partial charge in [0.1, 0.15) is 11.2 Å². The topological polar surface area (TPSA) is 16.4 Å².